The fraction of sp³-hybridized carbons (Fsp3) is 0.143. The number of benzene rings is 2. The molecule has 0 aliphatic carbocycles. The smallest absolute Gasteiger partial charge is 0.265 e. The van der Waals surface area contributed by atoms with E-state index in [4.69, 9.17) is 21.5 Å². The van der Waals surface area contributed by atoms with Gasteiger partial charge in [0.2, 0.25) is 10.0 Å². The molecule has 3 N–H and O–H groups in total. The van der Waals surface area contributed by atoms with Crippen LogP contribution in [0, 0.1) is 6.92 Å². The van der Waals surface area contributed by atoms with Crippen LogP contribution < -0.4 is 15.2 Å². The minimum atomic E-state index is -4.02. The standard InChI is InChI=1S/C21H19ClN4O4S2/c1-12-16-10-18(31-21(16)26(25-12)11-13-3-5-14(22)6-4-13)20(27)24-15-7-8-17(30-2)19(9-15)32(23,28)29/h3-10H,11H2,1-2H3,(H,24,27)(H2,23,28,29). The Labute approximate surface area is 193 Å². The van der Waals surface area contributed by atoms with Crippen LogP contribution in [0.1, 0.15) is 20.9 Å². The lowest BCUT2D eigenvalue weighted by atomic mass is 10.2. The van der Waals surface area contributed by atoms with Gasteiger partial charge in [0.05, 0.1) is 24.2 Å². The molecule has 0 bridgehead atoms. The van der Waals surface area contributed by atoms with Crippen LogP contribution in [0.25, 0.3) is 10.2 Å². The highest BCUT2D eigenvalue weighted by molar-refractivity contribution is 7.89. The summed E-state index contributed by atoms with van der Waals surface area (Å²) in [7, 11) is -2.67. The number of halogens is 1. The van der Waals surface area contributed by atoms with Crippen LogP contribution in [-0.4, -0.2) is 31.2 Å². The zero-order chi connectivity index (χ0) is 23.0. The van der Waals surface area contributed by atoms with Gasteiger partial charge < -0.3 is 10.1 Å². The molecule has 2 aromatic carbocycles. The van der Waals surface area contributed by atoms with E-state index in [0.29, 0.717) is 16.4 Å². The Bertz CT molecular complexity index is 1430. The van der Waals surface area contributed by atoms with Crippen LogP contribution in [-0.2, 0) is 16.6 Å². The summed E-state index contributed by atoms with van der Waals surface area (Å²) in [4.78, 5) is 14.0. The van der Waals surface area contributed by atoms with E-state index in [1.165, 1.54) is 30.6 Å². The molecule has 0 spiro atoms. The number of nitrogens with one attached hydrogen (secondary N) is 1. The minimum Gasteiger partial charge on any atom is -0.495 e. The zero-order valence-electron chi connectivity index (χ0n) is 17.1. The molecule has 0 saturated heterocycles. The van der Waals surface area contributed by atoms with Gasteiger partial charge in [0.1, 0.15) is 15.5 Å². The number of aromatic nitrogens is 2. The summed E-state index contributed by atoms with van der Waals surface area (Å²) in [5.41, 5.74) is 2.13. The number of aryl methyl sites for hydroxylation is 1. The number of anilines is 1. The molecule has 32 heavy (non-hydrogen) atoms. The molecule has 1 amide bonds. The fourth-order valence-corrected chi connectivity index (χ4v) is 5.17. The number of ether oxygens (including phenoxy) is 1. The van der Waals surface area contributed by atoms with E-state index in [-0.39, 0.29) is 22.2 Å². The molecule has 0 radical (unpaired) electrons. The second-order valence-corrected chi connectivity index (χ2v) is 10.1. The molecule has 0 saturated carbocycles. The number of rotatable bonds is 6. The van der Waals surface area contributed by atoms with Crippen molar-refractivity contribution in [2.24, 2.45) is 5.14 Å². The van der Waals surface area contributed by atoms with Crippen molar-refractivity contribution in [2.75, 3.05) is 12.4 Å². The number of nitrogens with two attached hydrogens (primary N) is 1. The van der Waals surface area contributed by atoms with E-state index >= 15 is 0 Å². The van der Waals surface area contributed by atoms with E-state index in [1.54, 1.807) is 12.1 Å². The summed E-state index contributed by atoms with van der Waals surface area (Å²) in [5, 5.41) is 14.1. The lowest BCUT2D eigenvalue weighted by Gasteiger charge is -2.10. The van der Waals surface area contributed by atoms with Gasteiger partial charge in [-0.15, -0.1) is 11.3 Å². The average molecular weight is 491 g/mol. The first-order valence-electron chi connectivity index (χ1n) is 9.39. The second-order valence-electron chi connectivity index (χ2n) is 7.06. The van der Waals surface area contributed by atoms with Gasteiger partial charge >= 0.3 is 0 Å². The van der Waals surface area contributed by atoms with E-state index < -0.39 is 10.0 Å². The van der Waals surface area contributed by atoms with E-state index in [2.05, 4.69) is 10.4 Å². The number of carbonyl (C=O) groups is 1. The monoisotopic (exact) mass is 490 g/mol. The van der Waals surface area contributed by atoms with Crippen LogP contribution in [0.5, 0.6) is 5.75 Å². The molecule has 0 aliphatic heterocycles. The van der Waals surface area contributed by atoms with Crippen molar-refractivity contribution in [1.29, 1.82) is 0 Å². The zero-order valence-corrected chi connectivity index (χ0v) is 19.5. The number of methoxy groups -OCH3 is 1. The van der Waals surface area contributed by atoms with Crippen LogP contribution in [0.2, 0.25) is 5.02 Å². The highest BCUT2D eigenvalue weighted by Gasteiger charge is 2.19. The van der Waals surface area contributed by atoms with Crippen LogP contribution in [0.15, 0.2) is 53.4 Å². The predicted octanol–water partition coefficient (Wildman–Crippen LogP) is 4.02. The largest absolute Gasteiger partial charge is 0.495 e. The van der Waals surface area contributed by atoms with Gasteiger partial charge in [0.25, 0.3) is 5.91 Å². The summed E-state index contributed by atoms with van der Waals surface area (Å²) in [6.07, 6.45) is 0. The van der Waals surface area contributed by atoms with Crippen LogP contribution in [0.4, 0.5) is 5.69 Å². The SMILES string of the molecule is COc1ccc(NC(=O)c2cc3c(C)nn(Cc4ccc(Cl)cc4)c3s2)cc1S(N)(=O)=O. The Morgan fingerprint density at radius 1 is 1.22 bits per heavy atom. The van der Waals surface area contributed by atoms with Crippen molar-refractivity contribution in [1.82, 2.24) is 9.78 Å². The maximum Gasteiger partial charge on any atom is 0.265 e. The number of primary sulfonamides is 1. The van der Waals surface area contributed by atoms with Gasteiger partial charge in [-0.3, -0.25) is 9.48 Å². The van der Waals surface area contributed by atoms with Gasteiger partial charge in [-0.1, -0.05) is 23.7 Å². The lowest BCUT2D eigenvalue weighted by Crippen LogP contribution is -2.15. The number of thiophene rings is 1. The molecule has 8 nitrogen and oxygen atoms in total. The molecule has 0 fully saturated rings. The third kappa shape index (κ3) is 4.49. The first-order chi connectivity index (χ1) is 15.2. The maximum absolute atomic E-state index is 12.9. The van der Waals surface area contributed by atoms with Crippen molar-refractivity contribution in [2.45, 2.75) is 18.4 Å². The number of fused-ring (bicyclic) bond motifs is 1. The number of nitrogens with zero attached hydrogens (tertiary/aromatic N) is 2. The number of sulfonamides is 1. The molecule has 2 heterocycles. The number of hydrogen-bond acceptors (Lipinski definition) is 6. The molecule has 2 aromatic heterocycles. The first kappa shape index (κ1) is 22.3. The average Bonchev–Trinajstić information content (AvgIpc) is 3.30. The molecule has 11 heteroatoms. The fourth-order valence-electron chi connectivity index (χ4n) is 3.26. The Hall–Kier alpha value is -2.92. The summed E-state index contributed by atoms with van der Waals surface area (Å²) in [6.45, 7) is 2.43. The Morgan fingerprint density at radius 2 is 1.94 bits per heavy atom. The van der Waals surface area contributed by atoms with E-state index in [0.717, 1.165) is 21.5 Å². The number of carbonyl (C=O) groups excluding carboxylic acids is 1. The van der Waals surface area contributed by atoms with Crippen molar-refractivity contribution < 1.29 is 17.9 Å². The summed E-state index contributed by atoms with van der Waals surface area (Å²) in [5.74, 6) is -0.264. The normalized spacial score (nSPS) is 11.6. The van der Waals surface area contributed by atoms with E-state index in [1.807, 2.05) is 35.9 Å². The summed E-state index contributed by atoms with van der Waals surface area (Å²) >= 11 is 7.26. The molecule has 0 unspecified atom stereocenters. The lowest BCUT2D eigenvalue weighted by molar-refractivity contribution is 0.103. The highest BCUT2D eigenvalue weighted by atomic mass is 35.5. The van der Waals surface area contributed by atoms with E-state index in [9.17, 15) is 13.2 Å². The van der Waals surface area contributed by atoms with Crippen molar-refractivity contribution in [3.05, 3.63) is 69.7 Å². The van der Waals surface area contributed by atoms with Gasteiger partial charge in [-0.05, 0) is 48.9 Å². The van der Waals surface area contributed by atoms with Gasteiger partial charge in [-0.2, -0.15) is 5.10 Å². The van der Waals surface area contributed by atoms with Gasteiger partial charge in [-0.25, -0.2) is 13.6 Å². The molecule has 166 valence electrons. The molecule has 0 aliphatic rings. The van der Waals surface area contributed by atoms with Crippen LogP contribution in [0.3, 0.4) is 0 Å². The third-order valence-electron chi connectivity index (χ3n) is 4.80. The predicted molar refractivity (Wildman–Crippen MR) is 125 cm³/mol. The number of amides is 1. The number of hydrogen-bond donors (Lipinski definition) is 2. The Morgan fingerprint density at radius 3 is 2.59 bits per heavy atom. The highest BCUT2D eigenvalue weighted by Crippen LogP contribution is 2.31. The third-order valence-corrected chi connectivity index (χ3v) is 7.14. The topological polar surface area (TPSA) is 116 Å². The molecular weight excluding hydrogens is 472 g/mol. The van der Waals surface area contributed by atoms with Crippen molar-refractivity contribution in [3.63, 3.8) is 0 Å². The maximum atomic E-state index is 12.9. The second kappa shape index (κ2) is 8.55. The van der Waals surface area contributed by atoms with Crippen molar-refractivity contribution in [3.8, 4) is 5.75 Å². The van der Waals surface area contributed by atoms with Crippen molar-refractivity contribution >= 4 is 54.8 Å². The minimum absolute atomic E-state index is 0.102. The Balaban J connectivity index is 1.62. The quantitative estimate of drug-likeness (QED) is 0.423. The van der Waals surface area contributed by atoms with Crippen LogP contribution >= 0.6 is 22.9 Å². The molecule has 0 atom stereocenters. The van der Waals surface area contributed by atoms with Gasteiger partial charge in [0, 0.05) is 16.1 Å². The Kier molecular flexibility index (Phi) is 5.95. The molecule has 4 rings (SSSR count). The molecular formula is C21H19ClN4O4S2. The first-order valence-corrected chi connectivity index (χ1v) is 12.1. The summed E-state index contributed by atoms with van der Waals surface area (Å²) in [6, 6.07) is 13.5. The molecule has 4 aromatic rings. The summed E-state index contributed by atoms with van der Waals surface area (Å²) < 4.78 is 30.5. The van der Waals surface area contributed by atoms with Gasteiger partial charge in [0.15, 0.2) is 0 Å².